The fraction of sp³-hybridized carbons (Fsp3) is 0.318. The number of H-pyrrole nitrogens is 1. The highest BCUT2D eigenvalue weighted by Gasteiger charge is 2.27. The Hall–Kier alpha value is -3.09. The number of pyridine rings is 1. The molecule has 0 aliphatic carbocycles. The van der Waals surface area contributed by atoms with E-state index < -0.39 is 32.1 Å². The van der Waals surface area contributed by atoms with Crippen LogP contribution in [-0.4, -0.2) is 49.3 Å². The lowest BCUT2D eigenvalue weighted by Crippen LogP contribution is -2.26. The minimum atomic E-state index is -4.03. The average Bonchev–Trinajstić information content (AvgIpc) is 3.27. The summed E-state index contributed by atoms with van der Waals surface area (Å²) < 4.78 is 62.4. The summed E-state index contributed by atoms with van der Waals surface area (Å²) in [5.41, 5.74) is -0.254. The van der Waals surface area contributed by atoms with Gasteiger partial charge in [-0.2, -0.15) is 5.10 Å². The van der Waals surface area contributed by atoms with Gasteiger partial charge in [-0.15, -0.1) is 0 Å². The predicted octanol–water partition coefficient (Wildman–Crippen LogP) is 3.11. The molecular weight excluding hydrogens is 504 g/mol. The van der Waals surface area contributed by atoms with Crippen molar-refractivity contribution in [2.24, 2.45) is 0 Å². The summed E-state index contributed by atoms with van der Waals surface area (Å²) in [5, 5.41) is 6.06. The van der Waals surface area contributed by atoms with Crippen LogP contribution in [0.15, 0.2) is 46.3 Å². The van der Waals surface area contributed by atoms with E-state index in [1.807, 2.05) is 4.90 Å². The number of benzene rings is 1. The van der Waals surface area contributed by atoms with Gasteiger partial charge in [-0.3, -0.25) is 4.79 Å². The molecule has 3 heterocycles. The van der Waals surface area contributed by atoms with Crippen LogP contribution in [0.3, 0.4) is 0 Å². The van der Waals surface area contributed by atoms with E-state index in [-0.39, 0.29) is 34.7 Å². The molecule has 4 rings (SSSR count). The third-order valence-electron chi connectivity index (χ3n) is 5.44. The summed E-state index contributed by atoms with van der Waals surface area (Å²) in [4.78, 5) is 17.2. The van der Waals surface area contributed by atoms with Crippen LogP contribution < -0.4 is 19.9 Å². The molecule has 2 aromatic heterocycles. The second kappa shape index (κ2) is 10.3. The van der Waals surface area contributed by atoms with Gasteiger partial charge in [-0.05, 0) is 30.2 Å². The first-order chi connectivity index (χ1) is 16.7. The third kappa shape index (κ3) is 5.44. The van der Waals surface area contributed by atoms with Gasteiger partial charge >= 0.3 is 0 Å². The van der Waals surface area contributed by atoms with Crippen molar-refractivity contribution in [2.45, 2.75) is 30.8 Å². The summed E-state index contributed by atoms with van der Waals surface area (Å²) in [5.74, 6) is -1.91. The number of hydrogen-bond donors (Lipinski definition) is 2. The van der Waals surface area contributed by atoms with Gasteiger partial charge in [0, 0.05) is 31.8 Å². The first-order valence-electron chi connectivity index (χ1n) is 10.8. The molecule has 0 amide bonds. The highest BCUT2D eigenvalue weighted by Crippen LogP contribution is 2.31. The van der Waals surface area contributed by atoms with Gasteiger partial charge < -0.3 is 9.64 Å². The Kier molecular flexibility index (Phi) is 7.33. The Morgan fingerprint density at radius 3 is 2.74 bits per heavy atom. The Bertz CT molecular complexity index is 1380. The molecule has 0 unspecified atom stereocenters. The number of aromatic amines is 1. The quantitative estimate of drug-likeness (QED) is 0.464. The minimum absolute atomic E-state index is 0.0297. The molecular formula is C22H22ClF2N5O4S. The van der Waals surface area contributed by atoms with Crippen molar-refractivity contribution in [1.82, 2.24) is 19.9 Å². The standard InChI is InChI=1S/C22H22ClF2N5O4S/c1-2-5-28-35(32,33)15-9-16(24)20(17(25)10-15)13-3-6-26-19(8-13)34-14-4-7-30(12-14)18-11-27-29-22(31)21(18)23/h3,6,8-11,14,28H,2,4-5,7,12H2,1H3,(H,29,31)/t14-/m1/s1. The third-order valence-corrected chi connectivity index (χ3v) is 7.25. The molecule has 3 aromatic rings. The molecule has 0 bridgehead atoms. The molecule has 35 heavy (non-hydrogen) atoms. The topological polar surface area (TPSA) is 117 Å². The molecule has 0 spiro atoms. The second-order valence-electron chi connectivity index (χ2n) is 7.92. The number of aromatic nitrogens is 3. The fourth-order valence-corrected chi connectivity index (χ4v) is 5.11. The van der Waals surface area contributed by atoms with Crippen molar-refractivity contribution in [3.05, 3.63) is 63.7 Å². The Morgan fingerprint density at radius 2 is 2.03 bits per heavy atom. The smallest absolute Gasteiger partial charge is 0.285 e. The van der Waals surface area contributed by atoms with Crippen LogP contribution in [0, 0.1) is 11.6 Å². The second-order valence-corrected chi connectivity index (χ2v) is 10.1. The van der Waals surface area contributed by atoms with E-state index in [1.54, 1.807) is 6.92 Å². The maximum absolute atomic E-state index is 14.8. The molecule has 1 aliphatic rings. The first kappa shape index (κ1) is 25.0. The van der Waals surface area contributed by atoms with Crippen molar-refractivity contribution in [2.75, 3.05) is 24.5 Å². The number of sulfonamides is 1. The molecule has 1 aromatic carbocycles. The van der Waals surface area contributed by atoms with E-state index in [1.165, 1.54) is 24.5 Å². The van der Waals surface area contributed by atoms with E-state index >= 15 is 0 Å². The van der Waals surface area contributed by atoms with E-state index in [0.717, 1.165) is 12.1 Å². The molecule has 13 heteroatoms. The molecule has 1 saturated heterocycles. The van der Waals surface area contributed by atoms with Gasteiger partial charge in [0.15, 0.2) is 0 Å². The van der Waals surface area contributed by atoms with Crippen molar-refractivity contribution in [1.29, 1.82) is 0 Å². The van der Waals surface area contributed by atoms with Gasteiger partial charge in [0.2, 0.25) is 15.9 Å². The van der Waals surface area contributed by atoms with E-state index in [4.69, 9.17) is 16.3 Å². The highest BCUT2D eigenvalue weighted by molar-refractivity contribution is 7.89. The Morgan fingerprint density at radius 1 is 1.29 bits per heavy atom. The minimum Gasteiger partial charge on any atom is -0.472 e. The zero-order valence-corrected chi connectivity index (χ0v) is 20.2. The average molecular weight is 526 g/mol. The lowest BCUT2D eigenvalue weighted by molar-refractivity contribution is 0.216. The first-order valence-corrected chi connectivity index (χ1v) is 12.7. The molecule has 0 radical (unpaired) electrons. The number of anilines is 1. The summed E-state index contributed by atoms with van der Waals surface area (Å²) in [6.45, 7) is 2.88. The fourth-order valence-electron chi connectivity index (χ4n) is 3.74. The lowest BCUT2D eigenvalue weighted by atomic mass is 10.1. The lowest BCUT2D eigenvalue weighted by Gasteiger charge is -2.19. The van der Waals surface area contributed by atoms with Crippen LogP contribution >= 0.6 is 11.6 Å². The molecule has 1 atom stereocenters. The van der Waals surface area contributed by atoms with E-state index in [0.29, 0.717) is 31.6 Å². The number of hydrogen-bond acceptors (Lipinski definition) is 7. The van der Waals surface area contributed by atoms with Crippen molar-refractivity contribution in [3.8, 4) is 17.0 Å². The number of rotatable bonds is 8. The zero-order valence-electron chi connectivity index (χ0n) is 18.6. The molecule has 186 valence electrons. The molecule has 2 N–H and O–H groups in total. The van der Waals surface area contributed by atoms with Gasteiger partial charge in [-0.25, -0.2) is 32.0 Å². The van der Waals surface area contributed by atoms with Crippen molar-refractivity contribution >= 4 is 27.3 Å². The number of nitrogens with one attached hydrogen (secondary N) is 2. The van der Waals surface area contributed by atoms with Crippen molar-refractivity contribution < 1.29 is 21.9 Å². The molecule has 1 aliphatic heterocycles. The van der Waals surface area contributed by atoms with Gasteiger partial charge in [-0.1, -0.05) is 18.5 Å². The highest BCUT2D eigenvalue weighted by atomic mass is 35.5. The number of nitrogens with zero attached hydrogens (tertiary/aromatic N) is 3. The van der Waals surface area contributed by atoms with E-state index in [9.17, 15) is 22.0 Å². The number of halogens is 3. The maximum Gasteiger partial charge on any atom is 0.285 e. The Balaban J connectivity index is 1.53. The van der Waals surface area contributed by atoms with Gasteiger partial charge in [0.1, 0.15) is 22.8 Å². The van der Waals surface area contributed by atoms with Crippen LogP contribution in [0.4, 0.5) is 14.5 Å². The monoisotopic (exact) mass is 525 g/mol. The molecule has 9 nitrogen and oxygen atoms in total. The van der Waals surface area contributed by atoms with Crippen LogP contribution in [0.1, 0.15) is 19.8 Å². The van der Waals surface area contributed by atoms with Crippen LogP contribution in [0.25, 0.3) is 11.1 Å². The molecule has 1 fully saturated rings. The zero-order chi connectivity index (χ0) is 25.2. The van der Waals surface area contributed by atoms with Crippen LogP contribution in [0.5, 0.6) is 5.88 Å². The SMILES string of the molecule is CCCNS(=O)(=O)c1cc(F)c(-c2ccnc(O[C@@H]3CCN(c4cn[nH]c(=O)c4Cl)C3)c2)c(F)c1. The van der Waals surface area contributed by atoms with Crippen LogP contribution in [0.2, 0.25) is 5.02 Å². The van der Waals surface area contributed by atoms with Crippen molar-refractivity contribution in [3.63, 3.8) is 0 Å². The molecule has 0 saturated carbocycles. The summed E-state index contributed by atoms with van der Waals surface area (Å²) in [6, 6.07) is 4.35. The maximum atomic E-state index is 14.8. The summed E-state index contributed by atoms with van der Waals surface area (Å²) in [6.07, 6.45) is 3.61. The largest absolute Gasteiger partial charge is 0.472 e. The summed E-state index contributed by atoms with van der Waals surface area (Å²) >= 11 is 6.07. The van der Waals surface area contributed by atoms with Gasteiger partial charge in [0.25, 0.3) is 5.56 Å². The number of ether oxygens (including phenoxy) is 1. The van der Waals surface area contributed by atoms with Crippen LogP contribution in [-0.2, 0) is 10.0 Å². The summed E-state index contributed by atoms with van der Waals surface area (Å²) in [7, 11) is -4.03. The van der Waals surface area contributed by atoms with Gasteiger partial charge in [0.05, 0.1) is 28.9 Å². The predicted molar refractivity (Wildman–Crippen MR) is 126 cm³/mol. The Labute approximate surface area is 205 Å². The van der Waals surface area contributed by atoms with E-state index in [2.05, 4.69) is 19.9 Å². The normalized spacial score (nSPS) is 16.0.